The molecular weight excluding hydrogens is 390 g/mol. The van der Waals surface area contributed by atoms with Crippen LogP contribution in [0.1, 0.15) is 42.9 Å². The molecular formula is C23H29N7O. The van der Waals surface area contributed by atoms with Crippen LogP contribution < -0.4 is 15.5 Å². The van der Waals surface area contributed by atoms with E-state index in [0.29, 0.717) is 24.5 Å². The van der Waals surface area contributed by atoms with Gasteiger partial charge in [-0.25, -0.2) is 15.0 Å². The Balaban J connectivity index is 1.24. The van der Waals surface area contributed by atoms with Gasteiger partial charge in [-0.2, -0.15) is 0 Å². The van der Waals surface area contributed by atoms with E-state index in [1.807, 2.05) is 0 Å². The van der Waals surface area contributed by atoms with E-state index < -0.39 is 0 Å². The molecule has 3 aromatic heterocycles. The zero-order valence-electron chi connectivity index (χ0n) is 17.7. The zero-order chi connectivity index (χ0) is 20.6. The van der Waals surface area contributed by atoms with Gasteiger partial charge in [0.15, 0.2) is 0 Å². The van der Waals surface area contributed by atoms with E-state index in [9.17, 15) is 0 Å². The first-order valence-corrected chi connectivity index (χ1v) is 11.5. The fourth-order valence-corrected chi connectivity index (χ4v) is 5.49. The van der Waals surface area contributed by atoms with Gasteiger partial charge in [0.2, 0.25) is 0 Å². The quantitative estimate of drug-likeness (QED) is 0.586. The summed E-state index contributed by atoms with van der Waals surface area (Å²) in [4.78, 5) is 19.9. The smallest absolute Gasteiger partial charge is 0.143 e. The van der Waals surface area contributed by atoms with Crippen LogP contribution in [-0.2, 0) is 11.3 Å². The van der Waals surface area contributed by atoms with Gasteiger partial charge in [-0.05, 0) is 49.3 Å². The maximum absolute atomic E-state index is 5.55. The van der Waals surface area contributed by atoms with Gasteiger partial charge >= 0.3 is 0 Å². The minimum absolute atomic E-state index is 0.485. The molecule has 2 unspecified atom stereocenters. The molecule has 6 heterocycles. The van der Waals surface area contributed by atoms with Crippen molar-refractivity contribution >= 4 is 22.7 Å². The predicted molar refractivity (Wildman–Crippen MR) is 120 cm³/mol. The molecule has 31 heavy (non-hydrogen) atoms. The van der Waals surface area contributed by atoms with Crippen LogP contribution in [0.5, 0.6) is 0 Å². The van der Waals surface area contributed by atoms with E-state index in [1.54, 1.807) is 6.33 Å². The van der Waals surface area contributed by atoms with Crippen molar-refractivity contribution in [2.75, 3.05) is 36.5 Å². The number of nitrogens with one attached hydrogen (secondary N) is 3. The van der Waals surface area contributed by atoms with E-state index in [-0.39, 0.29) is 0 Å². The predicted octanol–water partition coefficient (Wildman–Crippen LogP) is 2.80. The highest BCUT2D eigenvalue weighted by molar-refractivity contribution is 5.90. The number of rotatable bonds is 5. The number of hydrogen-bond donors (Lipinski definition) is 3. The molecule has 2 atom stereocenters. The Hall–Kier alpha value is -2.71. The third-order valence-corrected chi connectivity index (χ3v) is 7.03. The second-order valence-electron chi connectivity index (χ2n) is 8.87. The van der Waals surface area contributed by atoms with Gasteiger partial charge in [0.05, 0.1) is 17.6 Å². The number of anilines is 2. The van der Waals surface area contributed by atoms with Gasteiger partial charge in [-0.15, -0.1) is 0 Å². The molecule has 3 fully saturated rings. The first-order valence-electron chi connectivity index (χ1n) is 11.5. The molecule has 3 saturated heterocycles. The summed E-state index contributed by atoms with van der Waals surface area (Å²) in [6.45, 7) is 4.39. The molecule has 2 bridgehead atoms. The Morgan fingerprint density at radius 3 is 2.74 bits per heavy atom. The van der Waals surface area contributed by atoms with Crippen molar-refractivity contribution in [1.29, 1.82) is 0 Å². The molecule has 8 heteroatoms. The van der Waals surface area contributed by atoms with Crippen LogP contribution in [0.4, 0.5) is 11.6 Å². The van der Waals surface area contributed by atoms with Crippen molar-refractivity contribution in [3.05, 3.63) is 42.0 Å². The fourth-order valence-electron chi connectivity index (χ4n) is 5.49. The molecule has 3 aromatic rings. The van der Waals surface area contributed by atoms with Crippen molar-refractivity contribution in [2.45, 2.75) is 50.2 Å². The highest BCUT2D eigenvalue weighted by atomic mass is 16.5. The second kappa shape index (κ2) is 8.09. The van der Waals surface area contributed by atoms with Crippen LogP contribution in [0, 0.1) is 0 Å². The number of fused-ring (bicyclic) bond motifs is 3. The summed E-state index contributed by atoms with van der Waals surface area (Å²) >= 11 is 0. The molecule has 3 aliphatic rings. The molecule has 8 nitrogen and oxygen atoms in total. The van der Waals surface area contributed by atoms with Crippen LogP contribution in [0.3, 0.4) is 0 Å². The number of nitrogens with zero attached hydrogens (tertiary/aromatic N) is 4. The summed E-state index contributed by atoms with van der Waals surface area (Å²) in [7, 11) is 0. The lowest BCUT2D eigenvalue weighted by Crippen LogP contribution is -2.52. The number of piperazine rings is 1. The standard InChI is InChI=1S/C23H29N7O/c1-2-16(29-20(3-1)30-17-4-5-18(30)12-24-11-17)10-25-22-21-19(15-6-8-31-9-7-15)13-26-23(21)28-14-27-22/h1-3,13-15,17-18,24H,4-12H2,(H2,25,26,27,28). The van der Waals surface area contributed by atoms with E-state index in [1.165, 1.54) is 18.4 Å². The van der Waals surface area contributed by atoms with Crippen molar-refractivity contribution in [2.24, 2.45) is 0 Å². The normalized spacial score (nSPS) is 24.1. The van der Waals surface area contributed by atoms with Gasteiger partial charge < -0.3 is 25.3 Å². The molecule has 0 radical (unpaired) electrons. The Labute approximate surface area is 181 Å². The number of ether oxygens (including phenoxy) is 1. The first kappa shape index (κ1) is 19.0. The molecule has 0 spiro atoms. The monoisotopic (exact) mass is 419 g/mol. The average molecular weight is 420 g/mol. The molecule has 3 N–H and O–H groups in total. The van der Waals surface area contributed by atoms with Crippen LogP contribution in [0.25, 0.3) is 11.0 Å². The highest BCUT2D eigenvalue weighted by Crippen LogP contribution is 2.35. The van der Waals surface area contributed by atoms with E-state index in [4.69, 9.17) is 9.72 Å². The minimum Gasteiger partial charge on any atom is -0.381 e. The van der Waals surface area contributed by atoms with Gasteiger partial charge in [0.1, 0.15) is 23.6 Å². The first-order chi connectivity index (χ1) is 15.4. The molecule has 0 amide bonds. The molecule has 6 rings (SSSR count). The van der Waals surface area contributed by atoms with E-state index in [0.717, 1.165) is 67.5 Å². The summed E-state index contributed by atoms with van der Waals surface area (Å²) in [5, 5.41) is 8.19. The van der Waals surface area contributed by atoms with E-state index in [2.05, 4.69) is 54.9 Å². The van der Waals surface area contributed by atoms with Gasteiger partial charge in [0.25, 0.3) is 0 Å². The summed E-state index contributed by atoms with van der Waals surface area (Å²) < 4.78 is 5.55. The van der Waals surface area contributed by atoms with Gasteiger partial charge in [-0.1, -0.05) is 6.07 Å². The van der Waals surface area contributed by atoms with Crippen molar-refractivity contribution in [1.82, 2.24) is 25.3 Å². The summed E-state index contributed by atoms with van der Waals surface area (Å²) in [6, 6.07) is 7.50. The van der Waals surface area contributed by atoms with Crippen LogP contribution in [-0.4, -0.2) is 58.3 Å². The lowest BCUT2D eigenvalue weighted by molar-refractivity contribution is 0.0856. The number of pyridine rings is 1. The minimum atomic E-state index is 0.485. The zero-order valence-corrected chi connectivity index (χ0v) is 17.7. The molecule has 0 aromatic carbocycles. The Morgan fingerprint density at radius 1 is 1.06 bits per heavy atom. The molecule has 162 valence electrons. The SMILES string of the molecule is c1cc(CNc2ncnc3[nH]cc(C4CCOCC4)c23)nc(N2C3CCC2CNC3)c1. The molecule has 3 aliphatic heterocycles. The maximum atomic E-state index is 5.55. The van der Waals surface area contributed by atoms with Crippen LogP contribution >= 0.6 is 0 Å². The van der Waals surface area contributed by atoms with Gasteiger partial charge in [-0.3, -0.25) is 0 Å². The Kier molecular flexibility index (Phi) is 4.96. The maximum Gasteiger partial charge on any atom is 0.143 e. The average Bonchev–Trinajstić information content (AvgIpc) is 3.37. The lowest BCUT2D eigenvalue weighted by Gasteiger charge is -2.36. The van der Waals surface area contributed by atoms with E-state index >= 15 is 0 Å². The fraction of sp³-hybridized carbons (Fsp3) is 0.522. The molecule has 0 aliphatic carbocycles. The van der Waals surface area contributed by atoms with Gasteiger partial charge in [0, 0.05) is 44.6 Å². The summed E-state index contributed by atoms with van der Waals surface area (Å²) in [5.41, 5.74) is 3.21. The number of aromatic nitrogens is 4. The Bertz CT molecular complexity index is 1050. The number of H-pyrrole nitrogens is 1. The van der Waals surface area contributed by atoms with Crippen LogP contribution in [0.15, 0.2) is 30.7 Å². The highest BCUT2D eigenvalue weighted by Gasteiger charge is 2.37. The summed E-state index contributed by atoms with van der Waals surface area (Å²) in [6.07, 6.45) is 8.30. The largest absolute Gasteiger partial charge is 0.381 e. The van der Waals surface area contributed by atoms with Crippen molar-refractivity contribution in [3.63, 3.8) is 0 Å². The lowest BCUT2D eigenvalue weighted by atomic mass is 9.92. The number of aromatic amines is 1. The van der Waals surface area contributed by atoms with Crippen molar-refractivity contribution in [3.8, 4) is 0 Å². The third-order valence-electron chi connectivity index (χ3n) is 7.03. The number of hydrogen-bond acceptors (Lipinski definition) is 7. The topological polar surface area (TPSA) is 91.0 Å². The third kappa shape index (κ3) is 3.53. The Morgan fingerprint density at radius 2 is 1.90 bits per heavy atom. The van der Waals surface area contributed by atoms with Crippen LogP contribution in [0.2, 0.25) is 0 Å². The molecule has 0 saturated carbocycles. The second-order valence-corrected chi connectivity index (χ2v) is 8.87. The summed E-state index contributed by atoms with van der Waals surface area (Å²) in [5.74, 6) is 2.46. The van der Waals surface area contributed by atoms with Crippen molar-refractivity contribution < 1.29 is 4.74 Å².